The van der Waals surface area contributed by atoms with E-state index in [4.69, 9.17) is 15.0 Å². The van der Waals surface area contributed by atoms with E-state index in [9.17, 15) is 9.90 Å². The first-order valence-electron chi connectivity index (χ1n) is 13.9. The van der Waals surface area contributed by atoms with Gasteiger partial charge in [-0.3, -0.25) is 4.79 Å². The average molecular weight is 538 g/mol. The van der Waals surface area contributed by atoms with Crippen LogP contribution >= 0.6 is 0 Å². The molecule has 5 aromatic rings. The topological polar surface area (TPSA) is 104 Å². The molecule has 0 aliphatic carbocycles. The standard InChI is InChI=1S/C33H35N3O4/c1-19-29(20(2)40-35-19)23-16-26(32(34)37)30-25-11-10-24(33(3,4)38)18-27(25)36(28(30)17-23)31(21-8-6-5-7-9-21)22-12-14-39-15-13-22/h5-11,16-18,22,31,38H,12-15H2,1-4H3,(H2,34,37)/t31-/m1/s1. The smallest absolute Gasteiger partial charge is 0.249 e. The molecule has 0 radical (unpaired) electrons. The number of hydrogen-bond donors (Lipinski definition) is 2. The molecule has 7 heteroatoms. The zero-order chi connectivity index (χ0) is 28.2. The molecule has 7 nitrogen and oxygen atoms in total. The minimum atomic E-state index is -1.04. The summed E-state index contributed by atoms with van der Waals surface area (Å²) in [5.74, 6) is 0.496. The molecule has 40 heavy (non-hydrogen) atoms. The predicted octanol–water partition coefficient (Wildman–Crippen LogP) is 6.41. The lowest BCUT2D eigenvalue weighted by Crippen LogP contribution is -2.27. The second kappa shape index (κ2) is 9.91. The van der Waals surface area contributed by atoms with Gasteiger partial charge in [-0.05, 0) is 81.3 Å². The minimum absolute atomic E-state index is 0.0252. The molecule has 1 aliphatic heterocycles. The molecule has 6 rings (SSSR count). The SMILES string of the molecule is Cc1noc(C)c1-c1cc(C(N)=O)c2c3ccc(C(C)(C)O)cc3n([C@H](c3ccccc3)C3CCOCC3)c2c1. The largest absolute Gasteiger partial charge is 0.386 e. The highest BCUT2D eigenvalue weighted by Crippen LogP contribution is 2.44. The van der Waals surface area contributed by atoms with Crippen LogP contribution in [0.3, 0.4) is 0 Å². The molecular weight excluding hydrogens is 502 g/mol. The number of primary amides is 1. The number of carbonyl (C=O) groups is 1. The number of aliphatic hydroxyl groups is 1. The molecule has 1 fully saturated rings. The second-order valence-corrected chi connectivity index (χ2v) is 11.4. The number of aromatic nitrogens is 2. The summed E-state index contributed by atoms with van der Waals surface area (Å²) in [5, 5.41) is 16.9. The quantitative estimate of drug-likeness (QED) is 0.261. The number of rotatable bonds is 6. The van der Waals surface area contributed by atoms with Crippen molar-refractivity contribution >= 4 is 27.7 Å². The highest BCUT2D eigenvalue weighted by molar-refractivity contribution is 6.19. The van der Waals surface area contributed by atoms with E-state index in [0.29, 0.717) is 30.5 Å². The van der Waals surface area contributed by atoms with Crippen molar-refractivity contribution in [1.82, 2.24) is 9.72 Å². The summed E-state index contributed by atoms with van der Waals surface area (Å²) in [6.45, 7) is 8.77. The van der Waals surface area contributed by atoms with Crippen molar-refractivity contribution in [2.75, 3.05) is 13.2 Å². The summed E-state index contributed by atoms with van der Waals surface area (Å²) in [7, 11) is 0. The van der Waals surface area contributed by atoms with Crippen LogP contribution in [0.25, 0.3) is 32.9 Å². The molecule has 1 atom stereocenters. The van der Waals surface area contributed by atoms with Crippen LogP contribution in [0.4, 0.5) is 0 Å². The third kappa shape index (κ3) is 4.39. The van der Waals surface area contributed by atoms with E-state index in [2.05, 4.69) is 46.1 Å². The first-order chi connectivity index (χ1) is 19.1. The number of benzene rings is 3. The molecule has 0 unspecified atom stereocenters. The van der Waals surface area contributed by atoms with Crippen LogP contribution in [0.2, 0.25) is 0 Å². The Kier molecular flexibility index (Phi) is 6.51. The van der Waals surface area contributed by atoms with Gasteiger partial charge in [0.2, 0.25) is 5.91 Å². The van der Waals surface area contributed by atoms with Gasteiger partial charge in [-0.2, -0.15) is 0 Å². The van der Waals surface area contributed by atoms with E-state index in [1.807, 2.05) is 38.1 Å². The Morgan fingerprint density at radius 2 is 1.77 bits per heavy atom. The molecule has 1 saturated heterocycles. The van der Waals surface area contributed by atoms with E-state index in [1.54, 1.807) is 13.8 Å². The Bertz CT molecular complexity index is 1700. The molecular formula is C33H35N3O4. The van der Waals surface area contributed by atoms with E-state index < -0.39 is 11.5 Å². The fraction of sp³-hybridized carbons (Fsp3) is 0.333. The van der Waals surface area contributed by atoms with Gasteiger partial charge in [0.05, 0.1) is 28.4 Å². The van der Waals surface area contributed by atoms with Crippen molar-refractivity contribution in [2.24, 2.45) is 11.7 Å². The van der Waals surface area contributed by atoms with Crippen molar-refractivity contribution in [3.63, 3.8) is 0 Å². The van der Waals surface area contributed by atoms with Crippen molar-refractivity contribution in [2.45, 2.75) is 52.2 Å². The predicted molar refractivity (Wildman–Crippen MR) is 156 cm³/mol. The number of fused-ring (bicyclic) bond motifs is 3. The number of carbonyl (C=O) groups excluding carboxylic acids is 1. The lowest BCUT2D eigenvalue weighted by atomic mass is 9.86. The van der Waals surface area contributed by atoms with Crippen molar-refractivity contribution in [3.05, 3.63) is 88.8 Å². The molecule has 3 N–H and O–H groups in total. The molecule has 1 aliphatic rings. The lowest BCUT2D eigenvalue weighted by molar-refractivity contribution is 0.0552. The molecule has 3 aromatic carbocycles. The zero-order valence-electron chi connectivity index (χ0n) is 23.4. The highest BCUT2D eigenvalue weighted by atomic mass is 16.5. The minimum Gasteiger partial charge on any atom is -0.386 e. The van der Waals surface area contributed by atoms with Crippen LogP contribution in [-0.4, -0.2) is 34.0 Å². The monoisotopic (exact) mass is 537 g/mol. The van der Waals surface area contributed by atoms with Crippen LogP contribution in [0.15, 0.2) is 65.2 Å². The molecule has 2 aromatic heterocycles. The Hall–Kier alpha value is -3.94. The maximum atomic E-state index is 13.0. The van der Waals surface area contributed by atoms with Gasteiger partial charge in [-0.15, -0.1) is 0 Å². The molecule has 0 spiro atoms. The number of ether oxygens (including phenoxy) is 1. The number of nitrogens with zero attached hydrogens (tertiary/aromatic N) is 2. The summed E-state index contributed by atoms with van der Waals surface area (Å²) >= 11 is 0. The van der Waals surface area contributed by atoms with E-state index >= 15 is 0 Å². The number of hydrogen-bond acceptors (Lipinski definition) is 5. The molecule has 3 heterocycles. The Morgan fingerprint density at radius 1 is 1.05 bits per heavy atom. The van der Waals surface area contributed by atoms with Gasteiger partial charge >= 0.3 is 0 Å². The second-order valence-electron chi connectivity index (χ2n) is 11.4. The summed E-state index contributed by atoms with van der Waals surface area (Å²) in [6, 6.07) is 20.5. The van der Waals surface area contributed by atoms with Crippen LogP contribution < -0.4 is 5.73 Å². The van der Waals surface area contributed by atoms with E-state index in [1.165, 1.54) is 5.56 Å². The van der Waals surface area contributed by atoms with Crippen LogP contribution in [0.5, 0.6) is 0 Å². The van der Waals surface area contributed by atoms with Gasteiger partial charge in [0.25, 0.3) is 0 Å². The summed E-state index contributed by atoms with van der Waals surface area (Å²) < 4.78 is 13.6. The average Bonchev–Trinajstić information content (AvgIpc) is 3.44. The molecule has 1 amide bonds. The fourth-order valence-corrected chi connectivity index (χ4v) is 6.40. The third-order valence-electron chi connectivity index (χ3n) is 8.33. The summed E-state index contributed by atoms with van der Waals surface area (Å²) in [6.07, 6.45) is 1.83. The van der Waals surface area contributed by atoms with Gasteiger partial charge in [-0.1, -0.05) is 47.6 Å². The Morgan fingerprint density at radius 3 is 2.40 bits per heavy atom. The Labute approximate surface area is 233 Å². The van der Waals surface area contributed by atoms with Gasteiger partial charge < -0.3 is 24.7 Å². The zero-order valence-corrected chi connectivity index (χ0v) is 23.4. The Balaban J connectivity index is 1.77. The normalized spacial score (nSPS) is 15.6. The number of amides is 1. The van der Waals surface area contributed by atoms with Crippen LogP contribution in [0.1, 0.15) is 65.7 Å². The number of nitrogens with two attached hydrogens (primary N) is 1. The van der Waals surface area contributed by atoms with Crippen LogP contribution in [-0.2, 0) is 10.3 Å². The van der Waals surface area contributed by atoms with Gasteiger partial charge in [-0.25, -0.2) is 0 Å². The van der Waals surface area contributed by atoms with E-state index in [0.717, 1.165) is 57.0 Å². The summed E-state index contributed by atoms with van der Waals surface area (Å²) in [5.41, 5.74) is 11.8. The molecule has 0 bridgehead atoms. The lowest BCUT2D eigenvalue weighted by Gasteiger charge is -2.33. The highest BCUT2D eigenvalue weighted by Gasteiger charge is 2.32. The maximum Gasteiger partial charge on any atom is 0.249 e. The maximum absolute atomic E-state index is 13.0. The third-order valence-corrected chi connectivity index (χ3v) is 8.33. The van der Waals surface area contributed by atoms with E-state index in [-0.39, 0.29) is 6.04 Å². The summed E-state index contributed by atoms with van der Waals surface area (Å²) in [4.78, 5) is 13.0. The molecule has 206 valence electrons. The van der Waals surface area contributed by atoms with Crippen molar-refractivity contribution in [1.29, 1.82) is 0 Å². The van der Waals surface area contributed by atoms with Crippen LogP contribution in [0, 0.1) is 19.8 Å². The van der Waals surface area contributed by atoms with Gasteiger partial charge in [0.1, 0.15) is 5.76 Å². The van der Waals surface area contributed by atoms with Crippen molar-refractivity contribution in [3.8, 4) is 11.1 Å². The molecule has 0 saturated carbocycles. The first kappa shape index (κ1) is 26.3. The first-order valence-corrected chi connectivity index (χ1v) is 13.9. The van der Waals surface area contributed by atoms with Gasteiger partial charge in [0.15, 0.2) is 0 Å². The van der Waals surface area contributed by atoms with Gasteiger partial charge in [0, 0.05) is 35.1 Å². The van der Waals surface area contributed by atoms with Crippen molar-refractivity contribution < 1.29 is 19.2 Å². The fourth-order valence-electron chi connectivity index (χ4n) is 6.40. The number of aryl methyl sites for hydroxylation is 2.